The molecule has 2 atom stereocenters. The molecule has 88 valence electrons. The van der Waals surface area contributed by atoms with Crippen LogP contribution in [0.2, 0.25) is 0 Å². The second-order valence-corrected chi connectivity index (χ2v) is 5.01. The molecule has 1 aliphatic carbocycles. The van der Waals surface area contributed by atoms with Crippen LogP contribution >= 0.6 is 11.8 Å². The Bertz CT molecular complexity index is 345. The molecule has 0 spiro atoms. The van der Waals surface area contributed by atoms with E-state index in [1.807, 2.05) is 12.3 Å². The fourth-order valence-electron chi connectivity index (χ4n) is 2.10. The van der Waals surface area contributed by atoms with Gasteiger partial charge >= 0.3 is 0 Å². The summed E-state index contributed by atoms with van der Waals surface area (Å²) in [5, 5.41) is 4.34. The molecule has 1 aliphatic rings. The number of anilines is 1. The lowest BCUT2D eigenvalue weighted by molar-refractivity contribution is 0.504. The van der Waals surface area contributed by atoms with Crippen molar-refractivity contribution in [3.8, 4) is 0 Å². The third-order valence-electron chi connectivity index (χ3n) is 3.11. The standard InChI is InChI=1S/C11H18N4S/c1-16-11-5-10(14-7-15-11)13-6-8-3-2-4-9(8)12/h5,7-9H,2-4,6,12H2,1H3,(H,13,14,15). The summed E-state index contributed by atoms with van der Waals surface area (Å²) in [6.45, 7) is 0.923. The fourth-order valence-corrected chi connectivity index (χ4v) is 2.48. The number of nitrogens with zero attached hydrogens (tertiary/aromatic N) is 2. The number of thioether (sulfide) groups is 1. The lowest BCUT2D eigenvalue weighted by Gasteiger charge is -2.16. The van der Waals surface area contributed by atoms with Crippen molar-refractivity contribution in [2.45, 2.75) is 30.3 Å². The first kappa shape index (κ1) is 11.7. The maximum absolute atomic E-state index is 6.02. The van der Waals surface area contributed by atoms with E-state index in [9.17, 15) is 0 Å². The minimum absolute atomic E-state index is 0.356. The third kappa shape index (κ3) is 2.86. The molecule has 1 saturated carbocycles. The van der Waals surface area contributed by atoms with Crippen LogP contribution in [0.15, 0.2) is 17.4 Å². The molecule has 3 N–H and O–H groups in total. The Balaban J connectivity index is 1.88. The monoisotopic (exact) mass is 238 g/mol. The van der Waals surface area contributed by atoms with Crippen molar-refractivity contribution in [1.82, 2.24) is 9.97 Å². The van der Waals surface area contributed by atoms with Gasteiger partial charge in [-0.05, 0) is 25.0 Å². The van der Waals surface area contributed by atoms with Gasteiger partial charge in [-0.15, -0.1) is 11.8 Å². The molecule has 1 heterocycles. The Morgan fingerprint density at radius 1 is 1.50 bits per heavy atom. The van der Waals surface area contributed by atoms with E-state index < -0.39 is 0 Å². The normalized spacial score (nSPS) is 24.6. The van der Waals surface area contributed by atoms with Crippen molar-refractivity contribution in [2.24, 2.45) is 11.7 Å². The highest BCUT2D eigenvalue weighted by molar-refractivity contribution is 7.98. The molecule has 0 amide bonds. The molecule has 0 aliphatic heterocycles. The van der Waals surface area contributed by atoms with Gasteiger partial charge in [0.05, 0.1) is 0 Å². The Morgan fingerprint density at radius 3 is 3.06 bits per heavy atom. The van der Waals surface area contributed by atoms with Crippen LogP contribution in [-0.2, 0) is 0 Å². The van der Waals surface area contributed by atoms with Gasteiger partial charge in [-0.3, -0.25) is 0 Å². The van der Waals surface area contributed by atoms with Gasteiger partial charge < -0.3 is 11.1 Å². The van der Waals surface area contributed by atoms with Gasteiger partial charge in [-0.2, -0.15) is 0 Å². The van der Waals surface area contributed by atoms with E-state index in [-0.39, 0.29) is 0 Å². The van der Waals surface area contributed by atoms with Gasteiger partial charge in [-0.1, -0.05) is 6.42 Å². The lowest BCUT2D eigenvalue weighted by Crippen LogP contribution is -2.29. The minimum atomic E-state index is 0.356. The van der Waals surface area contributed by atoms with Crippen molar-refractivity contribution < 1.29 is 0 Å². The van der Waals surface area contributed by atoms with Crippen LogP contribution in [0.5, 0.6) is 0 Å². The van der Waals surface area contributed by atoms with Gasteiger partial charge in [-0.25, -0.2) is 9.97 Å². The molecular formula is C11H18N4S. The van der Waals surface area contributed by atoms with Crippen LogP contribution < -0.4 is 11.1 Å². The quantitative estimate of drug-likeness (QED) is 0.618. The Labute approximate surface area is 100 Å². The summed E-state index contributed by atoms with van der Waals surface area (Å²) in [7, 11) is 0. The van der Waals surface area contributed by atoms with Crippen molar-refractivity contribution >= 4 is 17.6 Å². The van der Waals surface area contributed by atoms with Gasteiger partial charge in [0, 0.05) is 18.7 Å². The van der Waals surface area contributed by atoms with Gasteiger partial charge in [0.15, 0.2) is 0 Å². The van der Waals surface area contributed by atoms with Crippen LogP contribution in [0.4, 0.5) is 5.82 Å². The van der Waals surface area contributed by atoms with Crippen LogP contribution in [0.3, 0.4) is 0 Å². The highest BCUT2D eigenvalue weighted by Crippen LogP contribution is 2.24. The second-order valence-electron chi connectivity index (χ2n) is 4.18. The average molecular weight is 238 g/mol. The van der Waals surface area contributed by atoms with E-state index in [1.54, 1.807) is 18.1 Å². The Hall–Kier alpha value is -0.810. The fraction of sp³-hybridized carbons (Fsp3) is 0.636. The number of rotatable bonds is 4. The molecule has 0 aromatic carbocycles. The highest BCUT2D eigenvalue weighted by atomic mass is 32.2. The molecule has 2 unspecified atom stereocenters. The Kier molecular flexibility index (Phi) is 4.01. The molecule has 1 fully saturated rings. The molecular weight excluding hydrogens is 220 g/mol. The molecule has 1 aromatic rings. The Morgan fingerprint density at radius 2 is 2.38 bits per heavy atom. The first-order valence-electron chi connectivity index (χ1n) is 5.65. The summed E-state index contributed by atoms with van der Waals surface area (Å²) < 4.78 is 0. The molecule has 0 bridgehead atoms. The van der Waals surface area contributed by atoms with E-state index in [1.165, 1.54) is 12.8 Å². The van der Waals surface area contributed by atoms with Crippen LogP contribution in [0, 0.1) is 5.92 Å². The number of nitrogens with two attached hydrogens (primary N) is 1. The zero-order valence-electron chi connectivity index (χ0n) is 9.52. The van der Waals surface area contributed by atoms with E-state index >= 15 is 0 Å². The molecule has 16 heavy (non-hydrogen) atoms. The van der Waals surface area contributed by atoms with Gasteiger partial charge in [0.2, 0.25) is 0 Å². The predicted molar refractivity (Wildman–Crippen MR) is 67.6 cm³/mol. The zero-order chi connectivity index (χ0) is 11.4. The molecule has 5 heteroatoms. The summed E-state index contributed by atoms with van der Waals surface area (Å²) in [6.07, 6.45) is 7.26. The van der Waals surface area contributed by atoms with E-state index in [4.69, 9.17) is 5.73 Å². The molecule has 2 rings (SSSR count). The maximum Gasteiger partial charge on any atom is 0.130 e. The number of hydrogen-bond acceptors (Lipinski definition) is 5. The summed E-state index contributed by atoms with van der Waals surface area (Å²) in [5.74, 6) is 1.49. The van der Waals surface area contributed by atoms with Gasteiger partial charge in [0.25, 0.3) is 0 Å². The largest absolute Gasteiger partial charge is 0.370 e. The lowest BCUT2D eigenvalue weighted by atomic mass is 10.1. The number of aromatic nitrogens is 2. The van der Waals surface area contributed by atoms with E-state index in [0.717, 1.165) is 23.8 Å². The summed E-state index contributed by atoms with van der Waals surface area (Å²) in [6, 6.07) is 2.33. The van der Waals surface area contributed by atoms with Crippen LogP contribution in [0.1, 0.15) is 19.3 Å². The van der Waals surface area contributed by atoms with Crippen LogP contribution in [-0.4, -0.2) is 28.8 Å². The molecule has 4 nitrogen and oxygen atoms in total. The first-order valence-corrected chi connectivity index (χ1v) is 6.87. The topological polar surface area (TPSA) is 63.8 Å². The molecule has 0 radical (unpaired) electrons. The summed E-state index contributed by atoms with van der Waals surface area (Å²) >= 11 is 1.63. The molecule has 0 saturated heterocycles. The van der Waals surface area contributed by atoms with Crippen molar-refractivity contribution in [1.29, 1.82) is 0 Å². The zero-order valence-corrected chi connectivity index (χ0v) is 10.3. The van der Waals surface area contributed by atoms with E-state index in [0.29, 0.717) is 12.0 Å². The van der Waals surface area contributed by atoms with Crippen molar-refractivity contribution in [3.63, 3.8) is 0 Å². The second kappa shape index (κ2) is 5.50. The number of nitrogens with one attached hydrogen (secondary N) is 1. The van der Waals surface area contributed by atoms with E-state index in [2.05, 4.69) is 15.3 Å². The SMILES string of the molecule is CSc1cc(NCC2CCCC2N)ncn1. The summed E-state index contributed by atoms with van der Waals surface area (Å²) in [4.78, 5) is 8.34. The van der Waals surface area contributed by atoms with Crippen molar-refractivity contribution in [3.05, 3.63) is 12.4 Å². The third-order valence-corrected chi connectivity index (χ3v) is 3.76. The highest BCUT2D eigenvalue weighted by Gasteiger charge is 2.23. The average Bonchev–Trinajstić information content (AvgIpc) is 2.72. The number of hydrogen-bond donors (Lipinski definition) is 2. The minimum Gasteiger partial charge on any atom is -0.370 e. The van der Waals surface area contributed by atoms with Crippen LogP contribution in [0.25, 0.3) is 0 Å². The van der Waals surface area contributed by atoms with Gasteiger partial charge in [0.1, 0.15) is 17.2 Å². The predicted octanol–water partition coefficient (Wildman–Crippen LogP) is 1.74. The first-order chi connectivity index (χ1) is 7.79. The summed E-state index contributed by atoms with van der Waals surface area (Å²) in [5.41, 5.74) is 6.02. The molecule has 1 aromatic heterocycles. The smallest absolute Gasteiger partial charge is 0.130 e. The van der Waals surface area contributed by atoms with Crippen molar-refractivity contribution in [2.75, 3.05) is 18.1 Å². The maximum atomic E-state index is 6.02.